The van der Waals surface area contributed by atoms with Gasteiger partial charge in [-0.3, -0.25) is 10.1 Å². The predicted octanol–water partition coefficient (Wildman–Crippen LogP) is 2.02. The first-order valence-corrected chi connectivity index (χ1v) is 6.63. The van der Waals surface area contributed by atoms with E-state index in [2.05, 4.69) is 25.7 Å². The minimum atomic E-state index is -0.594. The number of nitrogen functional groups attached to an aromatic ring is 1. The van der Waals surface area contributed by atoms with Gasteiger partial charge in [-0.2, -0.15) is 0 Å². The number of nitrogens with zero attached hydrogens (tertiary/aromatic N) is 4. The molecule has 0 saturated heterocycles. The van der Waals surface area contributed by atoms with Gasteiger partial charge in [0.2, 0.25) is 11.6 Å². The molecule has 0 radical (unpaired) electrons. The van der Waals surface area contributed by atoms with Crippen LogP contribution in [0.25, 0.3) is 10.2 Å². The molecule has 4 N–H and O–H groups in total. The molecule has 0 fully saturated rings. The predicted molar refractivity (Wildman–Crippen MR) is 79.4 cm³/mol. The van der Waals surface area contributed by atoms with Crippen molar-refractivity contribution >= 4 is 44.6 Å². The highest BCUT2D eigenvalue weighted by Gasteiger charge is 2.22. The van der Waals surface area contributed by atoms with Gasteiger partial charge in [-0.1, -0.05) is 0 Å². The van der Waals surface area contributed by atoms with Gasteiger partial charge in [-0.05, 0) is 18.2 Å². The number of aromatic nitrogens is 3. The van der Waals surface area contributed by atoms with Crippen LogP contribution >= 0.6 is 11.3 Å². The minimum absolute atomic E-state index is 0.0589. The summed E-state index contributed by atoms with van der Waals surface area (Å²) in [6.07, 6.45) is 1.19. The summed E-state index contributed by atoms with van der Waals surface area (Å²) in [6, 6.07) is 5.43. The Morgan fingerprint density at radius 1 is 1.24 bits per heavy atom. The van der Waals surface area contributed by atoms with Crippen molar-refractivity contribution in [2.24, 2.45) is 5.84 Å². The molecule has 2 heterocycles. The minimum Gasteiger partial charge on any atom is -0.334 e. The molecule has 0 saturated carbocycles. The Kier molecular flexibility index (Phi) is 3.30. The molecular formula is C11H9N7O2S. The number of anilines is 3. The van der Waals surface area contributed by atoms with Crippen LogP contribution in [0.4, 0.5) is 23.0 Å². The maximum atomic E-state index is 11.1. The van der Waals surface area contributed by atoms with Crippen LogP contribution in [-0.4, -0.2) is 19.9 Å². The quantitative estimate of drug-likeness (QED) is 0.379. The van der Waals surface area contributed by atoms with E-state index in [-0.39, 0.29) is 17.3 Å². The Morgan fingerprint density at radius 2 is 2.05 bits per heavy atom. The zero-order valence-electron chi connectivity index (χ0n) is 10.5. The smallest absolute Gasteiger partial charge is 0.334 e. The molecular weight excluding hydrogens is 294 g/mol. The van der Waals surface area contributed by atoms with E-state index in [0.29, 0.717) is 5.69 Å². The Bertz CT molecular complexity index is 819. The van der Waals surface area contributed by atoms with Crippen LogP contribution in [0.15, 0.2) is 30.0 Å². The number of hydrazine groups is 1. The number of nitro groups is 1. The number of hydrogen-bond donors (Lipinski definition) is 3. The Hall–Kier alpha value is -2.85. The summed E-state index contributed by atoms with van der Waals surface area (Å²) >= 11 is 1.48. The van der Waals surface area contributed by atoms with E-state index in [4.69, 9.17) is 5.84 Å². The normalized spacial score (nSPS) is 10.5. The zero-order valence-corrected chi connectivity index (χ0v) is 11.3. The van der Waals surface area contributed by atoms with Gasteiger partial charge in [0, 0.05) is 5.69 Å². The monoisotopic (exact) mass is 303 g/mol. The molecule has 3 rings (SSSR count). The molecule has 3 aromatic rings. The molecule has 0 unspecified atom stereocenters. The average Bonchev–Trinajstić information content (AvgIpc) is 2.94. The summed E-state index contributed by atoms with van der Waals surface area (Å²) in [6.45, 7) is 0. The van der Waals surface area contributed by atoms with Gasteiger partial charge >= 0.3 is 5.69 Å². The van der Waals surface area contributed by atoms with Gasteiger partial charge in [0.1, 0.15) is 6.33 Å². The van der Waals surface area contributed by atoms with Crippen LogP contribution in [0.5, 0.6) is 0 Å². The van der Waals surface area contributed by atoms with Crippen molar-refractivity contribution in [1.82, 2.24) is 15.0 Å². The fraction of sp³-hybridized carbons (Fsp3) is 0. The highest BCUT2D eigenvalue weighted by Crippen LogP contribution is 2.31. The van der Waals surface area contributed by atoms with Gasteiger partial charge in [-0.15, -0.1) is 11.3 Å². The number of benzene rings is 1. The lowest BCUT2D eigenvalue weighted by molar-refractivity contribution is -0.383. The van der Waals surface area contributed by atoms with E-state index < -0.39 is 4.92 Å². The van der Waals surface area contributed by atoms with E-state index in [1.807, 2.05) is 12.1 Å². The van der Waals surface area contributed by atoms with E-state index in [1.54, 1.807) is 11.6 Å². The summed E-state index contributed by atoms with van der Waals surface area (Å²) in [5.41, 5.74) is 5.14. The van der Waals surface area contributed by atoms with Crippen molar-refractivity contribution < 1.29 is 4.92 Å². The van der Waals surface area contributed by atoms with Crippen LogP contribution in [-0.2, 0) is 0 Å². The molecule has 9 nitrogen and oxygen atoms in total. The van der Waals surface area contributed by atoms with Crippen molar-refractivity contribution in [3.05, 3.63) is 40.2 Å². The molecule has 0 amide bonds. The molecule has 10 heteroatoms. The maximum absolute atomic E-state index is 11.1. The topological polar surface area (TPSA) is 132 Å². The maximum Gasteiger partial charge on any atom is 0.354 e. The fourth-order valence-corrected chi connectivity index (χ4v) is 2.53. The fourth-order valence-electron chi connectivity index (χ4n) is 1.82. The van der Waals surface area contributed by atoms with Crippen molar-refractivity contribution in [2.75, 3.05) is 10.7 Å². The number of fused-ring (bicyclic) bond motifs is 1. The summed E-state index contributed by atoms with van der Waals surface area (Å²) in [5.74, 6) is 5.24. The highest BCUT2D eigenvalue weighted by atomic mass is 32.1. The molecule has 0 bridgehead atoms. The van der Waals surface area contributed by atoms with E-state index in [1.165, 1.54) is 17.7 Å². The lowest BCUT2D eigenvalue weighted by atomic mass is 10.3. The second kappa shape index (κ2) is 5.26. The van der Waals surface area contributed by atoms with Crippen LogP contribution in [0, 0.1) is 10.1 Å². The second-order valence-electron chi connectivity index (χ2n) is 3.98. The summed E-state index contributed by atoms with van der Waals surface area (Å²) in [5, 5.41) is 14.0. The van der Waals surface area contributed by atoms with E-state index >= 15 is 0 Å². The van der Waals surface area contributed by atoms with Crippen LogP contribution < -0.4 is 16.6 Å². The van der Waals surface area contributed by atoms with Gasteiger partial charge < -0.3 is 10.7 Å². The Balaban J connectivity index is 2.02. The second-order valence-corrected chi connectivity index (χ2v) is 4.87. The largest absolute Gasteiger partial charge is 0.354 e. The number of nitrogens with one attached hydrogen (secondary N) is 2. The SMILES string of the molecule is NNc1ncnc(Nc2ccc3ncsc3c2)c1[N+](=O)[O-]. The van der Waals surface area contributed by atoms with Crippen molar-refractivity contribution in [3.8, 4) is 0 Å². The third-order valence-electron chi connectivity index (χ3n) is 2.74. The third kappa shape index (κ3) is 2.44. The van der Waals surface area contributed by atoms with Crippen molar-refractivity contribution in [3.63, 3.8) is 0 Å². The van der Waals surface area contributed by atoms with Crippen molar-refractivity contribution in [1.29, 1.82) is 0 Å². The van der Waals surface area contributed by atoms with Gasteiger partial charge in [0.25, 0.3) is 0 Å². The Labute approximate surface area is 122 Å². The number of thiazole rings is 1. The van der Waals surface area contributed by atoms with E-state index in [0.717, 1.165) is 10.2 Å². The first-order chi connectivity index (χ1) is 10.2. The lowest BCUT2D eigenvalue weighted by Gasteiger charge is -2.08. The molecule has 21 heavy (non-hydrogen) atoms. The molecule has 0 aliphatic heterocycles. The molecule has 1 aromatic carbocycles. The number of nitrogens with two attached hydrogens (primary N) is 1. The molecule has 106 valence electrons. The zero-order chi connectivity index (χ0) is 14.8. The number of hydrogen-bond acceptors (Lipinski definition) is 9. The van der Waals surface area contributed by atoms with Crippen LogP contribution in [0.1, 0.15) is 0 Å². The van der Waals surface area contributed by atoms with Gasteiger partial charge in [0.05, 0.1) is 20.7 Å². The molecule has 0 atom stereocenters. The molecule has 0 spiro atoms. The Morgan fingerprint density at radius 3 is 2.81 bits per heavy atom. The third-order valence-corrected chi connectivity index (χ3v) is 3.53. The van der Waals surface area contributed by atoms with Gasteiger partial charge in [0.15, 0.2) is 0 Å². The lowest BCUT2D eigenvalue weighted by Crippen LogP contribution is -2.12. The first kappa shape index (κ1) is 13.1. The summed E-state index contributed by atoms with van der Waals surface area (Å²) < 4.78 is 0.967. The number of rotatable bonds is 4. The van der Waals surface area contributed by atoms with E-state index in [9.17, 15) is 10.1 Å². The van der Waals surface area contributed by atoms with Crippen LogP contribution in [0.3, 0.4) is 0 Å². The first-order valence-electron chi connectivity index (χ1n) is 5.75. The van der Waals surface area contributed by atoms with Crippen molar-refractivity contribution in [2.45, 2.75) is 0 Å². The molecule has 2 aromatic heterocycles. The van der Waals surface area contributed by atoms with Gasteiger partial charge in [-0.25, -0.2) is 20.8 Å². The molecule has 0 aliphatic rings. The highest BCUT2D eigenvalue weighted by molar-refractivity contribution is 7.16. The summed E-state index contributed by atoms with van der Waals surface area (Å²) in [7, 11) is 0. The summed E-state index contributed by atoms with van der Waals surface area (Å²) in [4.78, 5) is 22.3. The average molecular weight is 303 g/mol. The van der Waals surface area contributed by atoms with Crippen LogP contribution in [0.2, 0.25) is 0 Å². The standard InChI is InChI=1S/C11H9N7O2S/c12-17-11-9(18(19)20)10(13-4-14-11)16-6-1-2-7-8(3-6)21-5-15-7/h1-5H,12H2,(H2,13,14,16,17). The molecule has 0 aliphatic carbocycles.